The van der Waals surface area contributed by atoms with Gasteiger partial charge in [-0.1, -0.05) is 0 Å². The van der Waals surface area contributed by atoms with Gasteiger partial charge < -0.3 is 24.7 Å². The van der Waals surface area contributed by atoms with Crippen LogP contribution < -0.4 is 15.5 Å². The van der Waals surface area contributed by atoms with Gasteiger partial charge in [0.1, 0.15) is 17.3 Å². The van der Waals surface area contributed by atoms with Gasteiger partial charge in [0.2, 0.25) is 0 Å². The van der Waals surface area contributed by atoms with Crippen molar-refractivity contribution in [3.8, 4) is 0 Å². The van der Waals surface area contributed by atoms with Crippen LogP contribution >= 0.6 is 0 Å². The molecule has 0 aromatic carbocycles. The monoisotopic (exact) mass is 344 g/mol. The van der Waals surface area contributed by atoms with Crippen LogP contribution in [0.15, 0.2) is 34.9 Å². The van der Waals surface area contributed by atoms with Gasteiger partial charge in [0.25, 0.3) is 0 Å². The maximum atomic E-state index is 12.1. The summed E-state index contributed by atoms with van der Waals surface area (Å²) in [6.07, 6.45) is 1.77. The third kappa shape index (κ3) is 4.73. The van der Waals surface area contributed by atoms with Crippen molar-refractivity contribution >= 4 is 11.8 Å². The first-order valence-corrected chi connectivity index (χ1v) is 8.50. The molecule has 3 heterocycles. The standard InChI is InChI=1S/C18H24N4O3/c1-13-3-4-16(25-13)14(2)21-18(23)20-12-15-5-6-19-17(11-15)22-7-9-24-10-8-22/h3-6,11,14H,7-10,12H2,1-2H3,(H2,20,21,23). The van der Waals surface area contributed by atoms with Crippen molar-refractivity contribution in [2.75, 3.05) is 31.2 Å². The van der Waals surface area contributed by atoms with Crippen molar-refractivity contribution in [2.45, 2.75) is 26.4 Å². The van der Waals surface area contributed by atoms with Crippen LogP contribution in [0.4, 0.5) is 10.6 Å². The van der Waals surface area contributed by atoms with E-state index >= 15 is 0 Å². The summed E-state index contributed by atoms with van der Waals surface area (Å²) in [5.41, 5.74) is 1.01. The summed E-state index contributed by atoms with van der Waals surface area (Å²) in [5, 5.41) is 5.75. The predicted octanol–water partition coefficient (Wildman–Crippen LogP) is 2.38. The normalized spacial score (nSPS) is 15.7. The zero-order valence-corrected chi connectivity index (χ0v) is 14.6. The number of hydrogen-bond donors (Lipinski definition) is 2. The highest BCUT2D eigenvalue weighted by Crippen LogP contribution is 2.16. The Morgan fingerprint density at radius 2 is 2.12 bits per heavy atom. The van der Waals surface area contributed by atoms with E-state index in [1.54, 1.807) is 6.20 Å². The lowest BCUT2D eigenvalue weighted by molar-refractivity contribution is 0.122. The first-order valence-electron chi connectivity index (χ1n) is 8.50. The van der Waals surface area contributed by atoms with Crippen molar-refractivity contribution in [1.29, 1.82) is 0 Å². The molecule has 7 nitrogen and oxygen atoms in total. The van der Waals surface area contributed by atoms with Crippen LogP contribution in [-0.2, 0) is 11.3 Å². The Labute approximate surface area is 147 Å². The molecular weight excluding hydrogens is 320 g/mol. The van der Waals surface area contributed by atoms with Gasteiger partial charge in [-0.3, -0.25) is 0 Å². The van der Waals surface area contributed by atoms with Crippen LogP contribution in [0.1, 0.15) is 30.0 Å². The summed E-state index contributed by atoms with van der Waals surface area (Å²) in [6, 6.07) is 7.25. The zero-order chi connectivity index (χ0) is 17.6. The number of anilines is 1. The number of rotatable bonds is 5. The largest absolute Gasteiger partial charge is 0.464 e. The molecule has 2 N–H and O–H groups in total. The van der Waals surface area contributed by atoms with E-state index in [1.807, 2.05) is 38.1 Å². The van der Waals surface area contributed by atoms with Gasteiger partial charge in [-0.05, 0) is 43.7 Å². The molecule has 3 rings (SSSR count). The van der Waals surface area contributed by atoms with Crippen LogP contribution in [0.25, 0.3) is 0 Å². The second-order valence-corrected chi connectivity index (χ2v) is 6.12. The van der Waals surface area contributed by atoms with E-state index in [1.165, 1.54) is 0 Å². The van der Waals surface area contributed by atoms with Crippen molar-refractivity contribution in [2.24, 2.45) is 0 Å². The van der Waals surface area contributed by atoms with Crippen molar-refractivity contribution < 1.29 is 13.9 Å². The van der Waals surface area contributed by atoms with Gasteiger partial charge in [-0.25, -0.2) is 9.78 Å². The molecule has 134 valence electrons. The summed E-state index contributed by atoms with van der Waals surface area (Å²) < 4.78 is 10.9. The fraction of sp³-hybridized carbons (Fsp3) is 0.444. The summed E-state index contributed by atoms with van der Waals surface area (Å²) in [4.78, 5) is 18.7. The smallest absolute Gasteiger partial charge is 0.315 e. The number of nitrogens with zero attached hydrogens (tertiary/aromatic N) is 2. The molecule has 1 aliphatic heterocycles. The molecule has 1 saturated heterocycles. The van der Waals surface area contributed by atoms with Crippen molar-refractivity contribution in [3.05, 3.63) is 47.5 Å². The third-order valence-electron chi connectivity index (χ3n) is 4.13. The molecule has 2 aromatic rings. The van der Waals surface area contributed by atoms with Crippen molar-refractivity contribution in [1.82, 2.24) is 15.6 Å². The van der Waals surface area contributed by atoms with Crippen LogP contribution in [0.3, 0.4) is 0 Å². The fourth-order valence-corrected chi connectivity index (χ4v) is 2.72. The Bertz CT molecular complexity index is 710. The van der Waals surface area contributed by atoms with Crippen LogP contribution in [0.5, 0.6) is 0 Å². The molecular formula is C18H24N4O3. The number of ether oxygens (including phenoxy) is 1. The number of hydrogen-bond acceptors (Lipinski definition) is 5. The highest BCUT2D eigenvalue weighted by Gasteiger charge is 2.14. The number of amides is 2. The molecule has 1 unspecified atom stereocenters. The first kappa shape index (κ1) is 17.3. The molecule has 0 spiro atoms. The number of aromatic nitrogens is 1. The summed E-state index contributed by atoms with van der Waals surface area (Å²) in [6.45, 7) is 7.32. The predicted molar refractivity (Wildman–Crippen MR) is 94.5 cm³/mol. The number of carbonyl (C=O) groups excluding carboxylic acids is 1. The van der Waals surface area contributed by atoms with Gasteiger partial charge >= 0.3 is 6.03 Å². The average Bonchev–Trinajstić information content (AvgIpc) is 3.08. The molecule has 0 bridgehead atoms. The lowest BCUT2D eigenvalue weighted by atomic mass is 10.2. The molecule has 1 aliphatic rings. The minimum atomic E-state index is -0.230. The van der Waals surface area contributed by atoms with Crippen LogP contribution in [0, 0.1) is 6.92 Å². The average molecular weight is 344 g/mol. The number of morpholine rings is 1. The van der Waals surface area contributed by atoms with E-state index in [0.717, 1.165) is 49.2 Å². The van der Waals surface area contributed by atoms with Crippen molar-refractivity contribution in [3.63, 3.8) is 0 Å². The zero-order valence-electron chi connectivity index (χ0n) is 14.6. The Morgan fingerprint density at radius 3 is 2.84 bits per heavy atom. The topological polar surface area (TPSA) is 79.6 Å². The number of aryl methyl sites for hydroxylation is 1. The molecule has 2 aromatic heterocycles. The van der Waals surface area contributed by atoms with Gasteiger partial charge in [0.15, 0.2) is 0 Å². The molecule has 0 radical (unpaired) electrons. The van der Waals surface area contributed by atoms with Gasteiger partial charge in [-0.2, -0.15) is 0 Å². The highest BCUT2D eigenvalue weighted by molar-refractivity contribution is 5.74. The summed E-state index contributed by atoms with van der Waals surface area (Å²) in [7, 11) is 0. The number of urea groups is 1. The summed E-state index contributed by atoms with van der Waals surface area (Å²) in [5.74, 6) is 2.49. The SMILES string of the molecule is Cc1ccc(C(C)NC(=O)NCc2ccnc(N3CCOCC3)c2)o1. The Kier molecular flexibility index (Phi) is 5.55. The first-order chi connectivity index (χ1) is 12.1. The maximum Gasteiger partial charge on any atom is 0.315 e. The maximum absolute atomic E-state index is 12.1. The second-order valence-electron chi connectivity index (χ2n) is 6.12. The molecule has 0 saturated carbocycles. The van der Waals surface area contributed by atoms with E-state index in [4.69, 9.17) is 9.15 Å². The highest BCUT2D eigenvalue weighted by atomic mass is 16.5. The van der Waals surface area contributed by atoms with E-state index in [2.05, 4.69) is 20.5 Å². The molecule has 1 fully saturated rings. The van der Waals surface area contributed by atoms with Crippen LogP contribution in [-0.4, -0.2) is 37.3 Å². The molecule has 25 heavy (non-hydrogen) atoms. The third-order valence-corrected chi connectivity index (χ3v) is 4.13. The van der Waals surface area contributed by atoms with Gasteiger partial charge in [-0.15, -0.1) is 0 Å². The van der Waals surface area contributed by atoms with E-state index in [0.29, 0.717) is 6.54 Å². The van der Waals surface area contributed by atoms with E-state index in [-0.39, 0.29) is 12.1 Å². The molecule has 0 aliphatic carbocycles. The van der Waals surface area contributed by atoms with E-state index in [9.17, 15) is 4.79 Å². The Hall–Kier alpha value is -2.54. The molecule has 7 heteroatoms. The quantitative estimate of drug-likeness (QED) is 0.870. The van der Waals surface area contributed by atoms with Gasteiger partial charge in [0.05, 0.1) is 19.3 Å². The fourth-order valence-electron chi connectivity index (χ4n) is 2.72. The minimum absolute atomic E-state index is 0.185. The Morgan fingerprint density at radius 1 is 1.32 bits per heavy atom. The number of pyridine rings is 1. The summed E-state index contributed by atoms with van der Waals surface area (Å²) >= 11 is 0. The van der Waals surface area contributed by atoms with Crippen LogP contribution in [0.2, 0.25) is 0 Å². The second kappa shape index (κ2) is 8.02. The molecule has 2 amide bonds. The lowest BCUT2D eigenvalue weighted by Crippen LogP contribution is -2.37. The number of carbonyl (C=O) groups is 1. The number of nitrogens with one attached hydrogen (secondary N) is 2. The van der Waals surface area contributed by atoms with E-state index < -0.39 is 0 Å². The lowest BCUT2D eigenvalue weighted by Gasteiger charge is -2.28. The van der Waals surface area contributed by atoms with Gasteiger partial charge in [0, 0.05) is 25.8 Å². The Balaban J connectivity index is 1.51. The minimum Gasteiger partial charge on any atom is -0.464 e. The number of furan rings is 1. The molecule has 1 atom stereocenters.